The third kappa shape index (κ3) is 4.64. The summed E-state index contributed by atoms with van der Waals surface area (Å²) in [5, 5.41) is 10.2. The van der Waals surface area contributed by atoms with Crippen LogP contribution in [0.15, 0.2) is 18.5 Å². The van der Waals surface area contributed by atoms with Gasteiger partial charge in [-0.2, -0.15) is 0 Å². The number of pyridine rings is 1. The number of aromatic nitrogens is 1. The number of aliphatic hydroxyl groups is 1. The fourth-order valence-corrected chi connectivity index (χ4v) is 1.12. The Morgan fingerprint density at radius 3 is 2.94 bits per heavy atom. The Bertz CT molecular complexity index is 447. The minimum atomic E-state index is -0.228. The summed E-state index contributed by atoms with van der Waals surface area (Å²) in [5.74, 6) is 5.38. The molecule has 1 amide bonds. The van der Waals surface area contributed by atoms with E-state index in [1.165, 1.54) is 6.20 Å². The number of aliphatic hydroxyl groups excluding tert-OH is 1. The molecule has 17 heavy (non-hydrogen) atoms. The number of rotatable bonds is 3. The molecule has 0 unspecified atom stereocenters. The second kappa shape index (κ2) is 6.63. The molecule has 5 heteroatoms. The molecule has 5 nitrogen and oxygen atoms in total. The van der Waals surface area contributed by atoms with E-state index in [0.29, 0.717) is 17.5 Å². The molecule has 0 saturated heterocycles. The van der Waals surface area contributed by atoms with Crippen molar-refractivity contribution in [2.24, 2.45) is 0 Å². The molecule has 0 aromatic carbocycles. The number of amides is 1. The third-order valence-electron chi connectivity index (χ3n) is 1.80. The van der Waals surface area contributed by atoms with Crippen LogP contribution in [-0.4, -0.2) is 41.7 Å². The predicted molar refractivity (Wildman–Crippen MR) is 64.0 cm³/mol. The first-order chi connectivity index (χ1) is 8.13. The molecule has 0 aliphatic rings. The van der Waals surface area contributed by atoms with E-state index in [1.807, 2.05) is 0 Å². The normalized spacial score (nSPS) is 9.65. The van der Waals surface area contributed by atoms with E-state index in [9.17, 15) is 4.79 Å². The highest BCUT2D eigenvalue weighted by atomic mass is 16.2. The van der Waals surface area contributed by atoms with Gasteiger partial charge in [-0.05, 0) is 6.07 Å². The van der Waals surface area contributed by atoms with Crippen molar-refractivity contribution < 1.29 is 9.90 Å². The van der Waals surface area contributed by atoms with Gasteiger partial charge in [-0.15, -0.1) is 0 Å². The van der Waals surface area contributed by atoms with Crippen LogP contribution in [0.5, 0.6) is 0 Å². The van der Waals surface area contributed by atoms with Gasteiger partial charge in [0.25, 0.3) is 5.91 Å². The number of hydrogen-bond acceptors (Lipinski definition) is 4. The summed E-state index contributed by atoms with van der Waals surface area (Å²) in [6.07, 6.45) is 3.47. The number of hydrazine groups is 1. The number of carbonyl (C=O) groups is 1. The predicted octanol–water partition coefficient (Wildman–Crippen LogP) is 0.0219. The zero-order valence-electron chi connectivity index (χ0n) is 9.90. The van der Waals surface area contributed by atoms with Crippen LogP contribution >= 0.6 is 0 Å². The van der Waals surface area contributed by atoms with Gasteiger partial charge in [-0.1, -0.05) is 11.8 Å². The average molecular weight is 233 g/mol. The molecule has 2 N–H and O–H groups in total. The standard InChI is InChI=1S/C12H15N3O2/c1-15(2)14-12(17)11-7-10(8-13-9-11)5-3-4-6-16/h7-9,16H,4,6H2,1-2H3,(H,14,17). The number of carbonyl (C=O) groups excluding carboxylic acids is 1. The van der Waals surface area contributed by atoms with Crippen LogP contribution in [0.2, 0.25) is 0 Å². The van der Waals surface area contributed by atoms with Crippen molar-refractivity contribution in [3.63, 3.8) is 0 Å². The van der Waals surface area contributed by atoms with Crippen LogP contribution in [0.1, 0.15) is 22.3 Å². The van der Waals surface area contributed by atoms with Gasteiger partial charge < -0.3 is 5.11 Å². The highest BCUT2D eigenvalue weighted by Gasteiger charge is 2.06. The fourth-order valence-electron chi connectivity index (χ4n) is 1.12. The van der Waals surface area contributed by atoms with Gasteiger partial charge in [0.2, 0.25) is 0 Å². The smallest absolute Gasteiger partial charge is 0.267 e. The van der Waals surface area contributed by atoms with Gasteiger partial charge in [0.15, 0.2) is 0 Å². The number of nitrogens with zero attached hydrogens (tertiary/aromatic N) is 2. The first-order valence-electron chi connectivity index (χ1n) is 5.16. The Morgan fingerprint density at radius 1 is 1.53 bits per heavy atom. The van der Waals surface area contributed by atoms with E-state index in [0.717, 1.165) is 0 Å². The zero-order valence-corrected chi connectivity index (χ0v) is 9.90. The van der Waals surface area contributed by atoms with Crippen molar-refractivity contribution >= 4 is 5.91 Å². The van der Waals surface area contributed by atoms with Gasteiger partial charge in [0.05, 0.1) is 12.2 Å². The first kappa shape index (κ1) is 13.2. The topological polar surface area (TPSA) is 65.5 Å². The van der Waals surface area contributed by atoms with Crippen LogP contribution in [0, 0.1) is 11.8 Å². The lowest BCUT2D eigenvalue weighted by Gasteiger charge is -2.11. The summed E-state index contributed by atoms with van der Waals surface area (Å²) in [4.78, 5) is 15.6. The minimum absolute atomic E-state index is 0.0290. The Hall–Kier alpha value is -1.90. The molecule has 0 aliphatic carbocycles. The lowest BCUT2D eigenvalue weighted by atomic mass is 10.2. The van der Waals surface area contributed by atoms with Crippen LogP contribution in [0.25, 0.3) is 0 Å². The molecule has 0 bridgehead atoms. The lowest BCUT2D eigenvalue weighted by Crippen LogP contribution is -2.36. The van der Waals surface area contributed by atoms with Crippen LogP contribution < -0.4 is 5.43 Å². The second-order valence-electron chi connectivity index (χ2n) is 3.57. The number of hydrogen-bond donors (Lipinski definition) is 2. The molecule has 0 saturated carbocycles. The van der Waals surface area contributed by atoms with Gasteiger partial charge in [0.1, 0.15) is 0 Å². The average Bonchev–Trinajstić information content (AvgIpc) is 2.29. The quantitative estimate of drug-likeness (QED) is 0.570. The van der Waals surface area contributed by atoms with Gasteiger partial charge in [-0.25, -0.2) is 5.01 Å². The van der Waals surface area contributed by atoms with E-state index < -0.39 is 0 Å². The maximum absolute atomic E-state index is 11.7. The SMILES string of the molecule is CN(C)NC(=O)c1cncc(C#CCCO)c1. The van der Waals surface area contributed by atoms with Crippen molar-refractivity contribution in [3.8, 4) is 11.8 Å². The van der Waals surface area contributed by atoms with Crippen molar-refractivity contribution in [2.75, 3.05) is 20.7 Å². The molecule has 0 fully saturated rings. The maximum Gasteiger partial charge on any atom is 0.267 e. The van der Waals surface area contributed by atoms with Crippen LogP contribution in [-0.2, 0) is 0 Å². The van der Waals surface area contributed by atoms with Crippen LogP contribution in [0.3, 0.4) is 0 Å². The van der Waals surface area contributed by atoms with Crippen molar-refractivity contribution in [1.29, 1.82) is 0 Å². The van der Waals surface area contributed by atoms with E-state index >= 15 is 0 Å². The molecular formula is C12H15N3O2. The van der Waals surface area contributed by atoms with Crippen molar-refractivity contribution in [1.82, 2.24) is 15.4 Å². The summed E-state index contributed by atoms with van der Waals surface area (Å²) < 4.78 is 0. The fraction of sp³-hybridized carbons (Fsp3) is 0.333. The largest absolute Gasteiger partial charge is 0.395 e. The van der Waals surface area contributed by atoms with E-state index in [4.69, 9.17) is 5.11 Å². The maximum atomic E-state index is 11.7. The van der Waals surface area contributed by atoms with Crippen LogP contribution in [0.4, 0.5) is 0 Å². The number of nitrogens with one attached hydrogen (secondary N) is 1. The van der Waals surface area contributed by atoms with E-state index in [2.05, 4.69) is 22.3 Å². The van der Waals surface area contributed by atoms with Gasteiger partial charge in [0, 0.05) is 38.5 Å². The molecule has 90 valence electrons. The summed E-state index contributed by atoms with van der Waals surface area (Å²) in [7, 11) is 3.46. The Kier molecular flexibility index (Phi) is 5.14. The first-order valence-corrected chi connectivity index (χ1v) is 5.16. The zero-order chi connectivity index (χ0) is 12.7. The van der Waals surface area contributed by atoms with Crippen molar-refractivity contribution in [2.45, 2.75) is 6.42 Å². The second-order valence-corrected chi connectivity index (χ2v) is 3.57. The molecular weight excluding hydrogens is 218 g/mol. The Labute approximate surface area is 100 Å². The summed E-state index contributed by atoms with van der Waals surface area (Å²) in [6, 6.07) is 1.66. The minimum Gasteiger partial charge on any atom is -0.395 e. The molecule has 0 atom stereocenters. The Balaban J connectivity index is 2.79. The molecule has 1 heterocycles. The third-order valence-corrected chi connectivity index (χ3v) is 1.80. The molecule has 1 aromatic rings. The van der Waals surface area contributed by atoms with E-state index in [-0.39, 0.29) is 12.5 Å². The van der Waals surface area contributed by atoms with Gasteiger partial charge in [-0.3, -0.25) is 15.2 Å². The van der Waals surface area contributed by atoms with E-state index in [1.54, 1.807) is 31.4 Å². The highest BCUT2D eigenvalue weighted by molar-refractivity contribution is 5.93. The Morgan fingerprint density at radius 2 is 2.29 bits per heavy atom. The van der Waals surface area contributed by atoms with Crippen molar-refractivity contribution in [3.05, 3.63) is 29.6 Å². The molecule has 0 aliphatic heterocycles. The summed E-state index contributed by atoms with van der Waals surface area (Å²) >= 11 is 0. The summed E-state index contributed by atoms with van der Waals surface area (Å²) in [6.45, 7) is 0.0290. The molecule has 0 spiro atoms. The monoisotopic (exact) mass is 233 g/mol. The lowest BCUT2D eigenvalue weighted by molar-refractivity contribution is 0.0856. The molecule has 0 radical (unpaired) electrons. The summed E-state index contributed by atoms with van der Waals surface area (Å²) in [5.41, 5.74) is 3.73. The van der Waals surface area contributed by atoms with Gasteiger partial charge >= 0.3 is 0 Å². The highest BCUT2D eigenvalue weighted by Crippen LogP contribution is 2.01. The molecule has 1 aromatic heterocycles. The molecule has 1 rings (SSSR count).